The van der Waals surface area contributed by atoms with Crippen molar-refractivity contribution in [2.45, 2.75) is 32.5 Å². The maximum Gasteiger partial charge on any atom is 0.434 e. The summed E-state index contributed by atoms with van der Waals surface area (Å²) in [6.45, 7) is 4.89. The molecule has 0 spiro atoms. The predicted octanol–water partition coefficient (Wildman–Crippen LogP) is 4.77. The van der Waals surface area contributed by atoms with Gasteiger partial charge in [0.1, 0.15) is 11.3 Å². The number of aromatic nitrogens is 1. The summed E-state index contributed by atoms with van der Waals surface area (Å²) in [5.41, 5.74) is -0.0302. The van der Waals surface area contributed by atoms with Gasteiger partial charge in [0.2, 0.25) is 0 Å². The third kappa shape index (κ3) is 5.03. The first-order valence-electron chi connectivity index (χ1n) is 8.91. The van der Waals surface area contributed by atoms with Crippen molar-refractivity contribution in [2.24, 2.45) is 4.99 Å². The molecule has 0 saturated heterocycles. The molecule has 0 fully saturated rings. The van der Waals surface area contributed by atoms with Crippen LogP contribution in [0.25, 0.3) is 11.0 Å². The summed E-state index contributed by atoms with van der Waals surface area (Å²) in [5, 5.41) is 8.87. The van der Waals surface area contributed by atoms with Gasteiger partial charge in [0.05, 0.1) is 11.0 Å². The van der Waals surface area contributed by atoms with Gasteiger partial charge in [-0.3, -0.25) is 4.99 Å². The third-order valence-corrected chi connectivity index (χ3v) is 4.92. The number of guanidine groups is 1. The Morgan fingerprint density at radius 2 is 2.11 bits per heavy atom. The monoisotopic (exact) mass is 410 g/mol. The molecule has 0 amide bonds. The van der Waals surface area contributed by atoms with Gasteiger partial charge in [-0.1, -0.05) is 18.2 Å². The minimum absolute atomic E-state index is 0.123. The van der Waals surface area contributed by atoms with Crippen molar-refractivity contribution in [3.63, 3.8) is 0 Å². The number of nitrogens with one attached hydrogen (secondary N) is 2. The molecule has 0 radical (unpaired) electrons. The fraction of sp³-hybridized carbons (Fsp3) is 0.368. The number of nitrogens with zero attached hydrogens (tertiary/aromatic N) is 2. The van der Waals surface area contributed by atoms with Gasteiger partial charge < -0.3 is 15.1 Å². The molecule has 9 heteroatoms. The standard InChI is InChI=1S/C19H21F3N4OS/c1-3-23-18(24-9-8-17-26-16(11-28-17)19(20,21)22)25-12(2)15-10-13-6-4-5-7-14(13)27-15/h4-7,10-12H,3,8-9H2,1-2H3,(H2,23,24,25). The van der Waals surface area contributed by atoms with Crippen LogP contribution in [0.5, 0.6) is 0 Å². The lowest BCUT2D eigenvalue weighted by Crippen LogP contribution is -2.38. The zero-order valence-electron chi connectivity index (χ0n) is 15.5. The number of fused-ring (bicyclic) bond motifs is 1. The molecule has 0 aliphatic carbocycles. The minimum Gasteiger partial charge on any atom is -0.459 e. The van der Waals surface area contributed by atoms with E-state index in [9.17, 15) is 13.2 Å². The molecule has 0 aliphatic rings. The van der Waals surface area contributed by atoms with E-state index in [1.54, 1.807) is 0 Å². The Labute approximate surface area is 164 Å². The normalized spacial score (nSPS) is 13.7. The van der Waals surface area contributed by atoms with Crippen LogP contribution in [0.4, 0.5) is 13.2 Å². The number of hydrogen-bond acceptors (Lipinski definition) is 4. The first-order valence-corrected chi connectivity index (χ1v) is 9.79. The van der Waals surface area contributed by atoms with Crippen LogP contribution in [0.2, 0.25) is 0 Å². The summed E-state index contributed by atoms with van der Waals surface area (Å²) in [4.78, 5) is 8.06. The highest BCUT2D eigenvalue weighted by Gasteiger charge is 2.33. The lowest BCUT2D eigenvalue weighted by molar-refractivity contribution is -0.140. The molecule has 2 heterocycles. The van der Waals surface area contributed by atoms with E-state index in [1.165, 1.54) is 0 Å². The summed E-state index contributed by atoms with van der Waals surface area (Å²) in [7, 11) is 0. The van der Waals surface area contributed by atoms with E-state index in [0.717, 1.165) is 33.4 Å². The van der Waals surface area contributed by atoms with E-state index in [4.69, 9.17) is 4.42 Å². The van der Waals surface area contributed by atoms with Crippen LogP contribution in [-0.4, -0.2) is 24.0 Å². The van der Waals surface area contributed by atoms with Gasteiger partial charge in [0.25, 0.3) is 0 Å². The van der Waals surface area contributed by atoms with Gasteiger partial charge in [0.15, 0.2) is 11.7 Å². The van der Waals surface area contributed by atoms with E-state index in [0.29, 0.717) is 30.5 Å². The highest BCUT2D eigenvalue weighted by molar-refractivity contribution is 7.09. The number of benzene rings is 1. The van der Waals surface area contributed by atoms with Crippen molar-refractivity contribution < 1.29 is 17.6 Å². The molecule has 28 heavy (non-hydrogen) atoms. The van der Waals surface area contributed by atoms with Crippen LogP contribution in [0, 0.1) is 0 Å². The molecule has 2 aromatic heterocycles. The van der Waals surface area contributed by atoms with Gasteiger partial charge in [-0.2, -0.15) is 13.2 Å². The summed E-state index contributed by atoms with van der Waals surface area (Å²) in [6, 6.07) is 9.62. The average Bonchev–Trinajstić information content (AvgIpc) is 3.28. The molecule has 1 atom stereocenters. The highest BCUT2D eigenvalue weighted by atomic mass is 32.1. The second-order valence-corrected chi connectivity index (χ2v) is 7.13. The molecule has 0 aliphatic heterocycles. The number of para-hydroxylation sites is 1. The van der Waals surface area contributed by atoms with Crippen LogP contribution in [-0.2, 0) is 12.6 Å². The van der Waals surface area contributed by atoms with Crippen molar-refractivity contribution in [2.75, 3.05) is 13.1 Å². The Morgan fingerprint density at radius 3 is 2.79 bits per heavy atom. The summed E-state index contributed by atoms with van der Waals surface area (Å²) in [6.07, 6.45) is -4.06. The fourth-order valence-electron chi connectivity index (χ4n) is 2.63. The number of alkyl halides is 3. The van der Waals surface area contributed by atoms with Gasteiger partial charge >= 0.3 is 6.18 Å². The zero-order chi connectivity index (χ0) is 20.1. The quantitative estimate of drug-likeness (QED) is 0.454. The summed E-state index contributed by atoms with van der Waals surface area (Å²) < 4.78 is 43.7. The lowest BCUT2D eigenvalue weighted by atomic mass is 10.2. The third-order valence-electron chi connectivity index (χ3n) is 4.01. The maximum absolute atomic E-state index is 12.6. The Balaban J connectivity index is 1.62. The Bertz CT molecular complexity index is 915. The van der Waals surface area contributed by atoms with E-state index in [1.807, 2.05) is 44.2 Å². The van der Waals surface area contributed by atoms with E-state index >= 15 is 0 Å². The van der Waals surface area contributed by atoms with Crippen molar-refractivity contribution in [3.05, 3.63) is 52.2 Å². The molecule has 5 nitrogen and oxygen atoms in total. The van der Waals surface area contributed by atoms with Crippen LogP contribution >= 0.6 is 11.3 Å². The Hall–Kier alpha value is -2.55. The van der Waals surface area contributed by atoms with Crippen LogP contribution in [0.15, 0.2) is 45.1 Å². The number of halogens is 3. The molecule has 3 aromatic rings. The fourth-order valence-corrected chi connectivity index (χ4v) is 3.43. The molecule has 2 N–H and O–H groups in total. The minimum atomic E-state index is -4.41. The van der Waals surface area contributed by atoms with Crippen molar-refractivity contribution in [1.29, 1.82) is 0 Å². The van der Waals surface area contributed by atoms with Gasteiger partial charge in [-0.25, -0.2) is 4.98 Å². The second-order valence-electron chi connectivity index (χ2n) is 6.19. The second kappa shape index (κ2) is 8.64. The van der Waals surface area contributed by atoms with Crippen molar-refractivity contribution in [1.82, 2.24) is 15.6 Å². The first-order chi connectivity index (χ1) is 13.4. The molecule has 1 unspecified atom stereocenters. The predicted molar refractivity (Wildman–Crippen MR) is 105 cm³/mol. The van der Waals surface area contributed by atoms with Crippen LogP contribution in [0.3, 0.4) is 0 Å². The van der Waals surface area contributed by atoms with Gasteiger partial charge in [-0.15, -0.1) is 11.3 Å². The summed E-state index contributed by atoms with van der Waals surface area (Å²) >= 11 is 0.998. The number of hydrogen-bond donors (Lipinski definition) is 2. The van der Waals surface area contributed by atoms with Gasteiger partial charge in [0, 0.05) is 30.3 Å². The van der Waals surface area contributed by atoms with Gasteiger partial charge in [-0.05, 0) is 26.0 Å². The lowest BCUT2D eigenvalue weighted by Gasteiger charge is -2.16. The molecular weight excluding hydrogens is 389 g/mol. The van der Waals surface area contributed by atoms with E-state index in [-0.39, 0.29) is 6.04 Å². The molecule has 0 saturated carbocycles. The number of aliphatic imine (C=N–C) groups is 1. The Kier molecular flexibility index (Phi) is 6.23. The van der Waals surface area contributed by atoms with E-state index in [2.05, 4.69) is 20.6 Å². The molecule has 0 bridgehead atoms. The van der Waals surface area contributed by atoms with Crippen LogP contribution < -0.4 is 10.6 Å². The molecule has 150 valence electrons. The maximum atomic E-state index is 12.6. The number of rotatable bonds is 6. The molecule has 3 rings (SSSR count). The Morgan fingerprint density at radius 1 is 1.32 bits per heavy atom. The van der Waals surface area contributed by atoms with Crippen LogP contribution in [0.1, 0.15) is 36.4 Å². The van der Waals surface area contributed by atoms with Crippen molar-refractivity contribution in [3.8, 4) is 0 Å². The molecule has 1 aromatic carbocycles. The molecular formula is C19H21F3N4OS. The average molecular weight is 410 g/mol. The zero-order valence-corrected chi connectivity index (χ0v) is 16.3. The smallest absolute Gasteiger partial charge is 0.434 e. The number of furan rings is 1. The largest absolute Gasteiger partial charge is 0.459 e. The highest BCUT2D eigenvalue weighted by Crippen LogP contribution is 2.30. The topological polar surface area (TPSA) is 62.5 Å². The summed E-state index contributed by atoms with van der Waals surface area (Å²) in [5.74, 6) is 1.35. The first kappa shape index (κ1) is 20.2. The van der Waals surface area contributed by atoms with Crippen molar-refractivity contribution >= 4 is 28.3 Å². The van der Waals surface area contributed by atoms with E-state index < -0.39 is 11.9 Å². The number of thiazole rings is 1. The SMILES string of the molecule is CCNC(=NCCc1nc(C(F)(F)F)cs1)NC(C)c1cc2ccccc2o1.